The second kappa shape index (κ2) is 11.9. The zero-order chi connectivity index (χ0) is 29.9. The van der Waals surface area contributed by atoms with Crippen LogP contribution in [0.1, 0.15) is 59.8 Å². The van der Waals surface area contributed by atoms with Gasteiger partial charge >= 0.3 is 12.1 Å². The molecule has 4 aromatic carbocycles. The summed E-state index contributed by atoms with van der Waals surface area (Å²) in [5, 5.41) is 5.15. The van der Waals surface area contributed by atoms with Gasteiger partial charge in [-0.1, -0.05) is 78.9 Å². The molecule has 1 atom stereocenters. The van der Waals surface area contributed by atoms with Crippen molar-refractivity contribution in [2.45, 2.75) is 38.3 Å². The van der Waals surface area contributed by atoms with Gasteiger partial charge in [0.1, 0.15) is 24.1 Å². The Morgan fingerprint density at radius 1 is 0.833 bits per heavy atom. The Hall–Kier alpha value is -4.98. The molecule has 0 radical (unpaired) electrons. The van der Waals surface area contributed by atoms with Gasteiger partial charge in [0.05, 0.1) is 11.3 Å². The summed E-state index contributed by atoms with van der Waals surface area (Å²) in [6.45, 7) is 5.21. The minimum absolute atomic E-state index is 0.0109. The number of anilines is 1. The van der Waals surface area contributed by atoms with Crippen LogP contribution in [0.15, 0.2) is 97.1 Å². The highest BCUT2D eigenvalue weighted by molar-refractivity contribution is 5.98. The molecule has 0 saturated carbocycles. The lowest BCUT2D eigenvalue weighted by Gasteiger charge is -2.21. The molecular formula is C34H31FN2O5. The summed E-state index contributed by atoms with van der Waals surface area (Å²) in [5.41, 5.74) is 3.93. The summed E-state index contributed by atoms with van der Waals surface area (Å²) in [6, 6.07) is 27.0. The SMILES string of the molecule is CC(C)(C)OC(=O)c1ccc(NC(=O)C(NC(=O)OCC2c3ccccc3-c3ccccc32)c2ccccc2)c(F)c1. The Balaban J connectivity index is 1.29. The second-order valence-corrected chi connectivity index (χ2v) is 11.0. The van der Waals surface area contributed by atoms with Gasteiger partial charge in [-0.3, -0.25) is 4.79 Å². The number of fused-ring (bicyclic) bond motifs is 3. The zero-order valence-corrected chi connectivity index (χ0v) is 23.5. The Morgan fingerprint density at radius 2 is 1.43 bits per heavy atom. The van der Waals surface area contributed by atoms with Crippen LogP contribution in [-0.4, -0.2) is 30.2 Å². The van der Waals surface area contributed by atoms with E-state index in [1.807, 2.05) is 48.5 Å². The molecule has 0 heterocycles. The van der Waals surface area contributed by atoms with Crippen LogP contribution in [-0.2, 0) is 14.3 Å². The summed E-state index contributed by atoms with van der Waals surface area (Å²) in [4.78, 5) is 38.7. The maximum atomic E-state index is 14.9. The van der Waals surface area contributed by atoms with E-state index in [9.17, 15) is 18.8 Å². The van der Waals surface area contributed by atoms with E-state index in [2.05, 4.69) is 10.6 Å². The summed E-state index contributed by atoms with van der Waals surface area (Å²) in [7, 11) is 0. The molecule has 0 fully saturated rings. The normalized spacial score (nSPS) is 13.0. The average Bonchev–Trinajstić information content (AvgIpc) is 3.29. The summed E-state index contributed by atoms with van der Waals surface area (Å²) in [6.07, 6.45) is -0.790. The number of nitrogens with one attached hydrogen (secondary N) is 2. The first kappa shape index (κ1) is 28.5. The predicted molar refractivity (Wildman–Crippen MR) is 158 cm³/mol. The molecule has 0 spiro atoms. The fraction of sp³-hybridized carbons (Fsp3) is 0.206. The molecule has 5 rings (SSSR count). The molecule has 2 amide bonds. The molecule has 0 bridgehead atoms. The van der Waals surface area contributed by atoms with Gasteiger partial charge in [0.15, 0.2) is 0 Å². The maximum Gasteiger partial charge on any atom is 0.408 e. The number of hydrogen-bond donors (Lipinski definition) is 2. The van der Waals surface area contributed by atoms with Gasteiger partial charge in [0, 0.05) is 5.92 Å². The molecule has 2 N–H and O–H groups in total. The van der Waals surface area contributed by atoms with Crippen molar-refractivity contribution in [1.82, 2.24) is 5.32 Å². The van der Waals surface area contributed by atoms with Crippen molar-refractivity contribution < 1.29 is 28.2 Å². The Bertz CT molecular complexity index is 1590. The number of amides is 2. The standard InChI is InChI=1S/C34H31FN2O5/c1-34(2,3)42-32(39)22-17-18-29(28(35)19-22)36-31(38)30(21-11-5-4-6-12-21)37-33(40)41-20-27-25-15-9-7-13-23(25)24-14-8-10-16-26(24)27/h4-19,27,30H,20H2,1-3H3,(H,36,38)(H,37,40). The number of ether oxygens (including phenoxy) is 2. The van der Waals surface area contributed by atoms with Gasteiger partial charge in [0.25, 0.3) is 5.91 Å². The second-order valence-electron chi connectivity index (χ2n) is 11.0. The van der Waals surface area contributed by atoms with Crippen LogP contribution in [0.25, 0.3) is 11.1 Å². The zero-order valence-electron chi connectivity index (χ0n) is 23.5. The van der Waals surface area contributed by atoms with Crippen LogP contribution >= 0.6 is 0 Å². The summed E-state index contributed by atoms with van der Waals surface area (Å²) < 4.78 is 25.9. The van der Waals surface area contributed by atoms with E-state index in [0.29, 0.717) is 5.56 Å². The molecule has 0 saturated heterocycles. The topological polar surface area (TPSA) is 93.7 Å². The third kappa shape index (κ3) is 6.33. The van der Waals surface area contributed by atoms with Gasteiger partial charge in [-0.25, -0.2) is 14.0 Å². The molecule has 1 unspecified atom stereocenters. The van der Waals surface area contributed by atoms with Crippen molar-refractivity contribution in [3.05, 3.63) is 125 Å². The number of hydrogen-bond acceptors (Lipinski definition) is 5. The summed E-state index contributed by atoms with van der Waals surface area (Å²) in [5.74, 6) is -2.33. The quantitative estimate of drug-likeness (QED) is 0.235. The molecule has 0 aliphatic heterocycles. The highest BCUT2D eigenvalue weighted by Gasteiger charge is 2.30. The number of rotatable bonds is 7. The van der Waals surface area contributed by atoms with Crippen molar-refractivity contribution in [3.8, 4) is 11.1 Å². The third-order valence-electron chi connectivity index (χ3n) is 6.86. The molecule has 8 heteroatoms. The van der Waals surface area contributed by atoms with Gasteiger partial charge in [-0.2, -0.15) is 0 Å². The molecule has 1 aliphatic carbocycles. The highest BCUT2D eigenvalue weighted by atomic mass is 19.1. The van der Waals surface area contributed by atoms with Crippen molar-refractivity contribution in [1.29, 1.82) is 0 Å². The highest BCUT2D eigenvalue weighted by Crippen LogP contribution is 2.44. The van der Waals surface area contributed by atoms with Crippen LogP contribution in [0.3, 0.4) is 0 Å². The smallest absolute Gasteiger partial charge is 0.408 e. The van der Waals surface area contributed by atoms with Crippen LogP contribution < -0.4 is 10.6 Å². The molecule has 42 heavy (non-hydrogen) atoms. The van der Waals surface area contributed by atoms with Gasteiger partial charge < -0.3 is 20.1 Å². The molecule has 0 aromatic heterocycles. The van der Waals surface area contributed by atoms with E-state index in [0.717, 1.165) is 28.3 Å². The lowest BCUT2D eigenvalue weighted by molar-refractivity contribution is -0.118. The fourth-order valence-corrected chi connectivity index (χ4v) is 4.99. The molecule has 214 valence electrons. The van der Waals surface area contributed by atoms with E-state index in [1.54, 1.807) is 51.1 Å². The van der Waals surface area contributed by atoms with E-state index >= 15 is 0 Å². The monoisotopic (exact) mass is 566 g/mol. The van der Waals surface area contributed by atoms with Crippen LogP contribution in [0.2, 0.25) is 0 Å². The Labute approximate surface area is 243 Å². The van der Waals surface area contributed by atoms with Crippen LogP contribution in [0, 0.1) is 5.82 Å². The first-order valence-corrected chi connectivity index (χ1v) is 13.6. The predicted octanol–water partition coefficient (Wildman–Crippen LogP) is 7.00. The average molecular weight is 567 g/mol. The number of halogens is 1. The van der Waals surface area contributed by atoms with Gasteiger partial charge in [-0.15, -0.1) is 0 Å². The Kier molecular flexibility index (Phi) is 8.06. The Morgan fingerprint density at radius 3 is 2.02 bits per heavy atom. The van der Waals surface area contributed by atoms with E-state index in [-0.39, 0.29) is 23.8 Å². The van der Waals surface area contributed by atoms with Crippen molar-refractivity contribution >= 4 is 23.7 Å². The minimum Gasteiger partial charge on any atom is -0.456 e. The van der Waals surface area contributed by atoms with Crippen molar-refractivity contribution in [2.75, 3.05) is 11.9 Å². The number of carbonyl (C=O) groups excluding carboxylic acids is 3. The maximum absolute atomic E-state index is 14.9. The van der Waals surface area contributed by atoms with E-state index in [4.69, 9.17) is 9.47 Å². The number of alkyl carbamates (subject to hydrolysis) is 1. The van der Waals surface area contributed by atoms with E-state index < -0.39 is 35.4 Å². The van der Waals surface area contributed by atoms with Crippen LogP contribution in [0.4, 0.5) is 14.9 Å². The molecule has 4 aromatic rings. The first-order valence-electron chi connectivity index (χ1n) is 13.6. The van der Waals surface area contributed by atoms with Crippen LogP contribution in [0.5, 0.6) is 0 Å². The molecular weight excluding hydrogens is 535 g/mol. The van der Waals surface area contributed by atoms with Crippen molar-refractivity contribution in [2.24, 2.45) is 0 Å². The first-order chi connectivity index (χ1) is 20.1. The van der Waals surface area contributed by atoms with Gasteiger partial charge in [0.2, 0.25) is 0 Å². The van der Waals surface area contributed by atoms with Crippen molar-refractivity contribution in [3.63, 3.8) is 0 Å². The largest absolute Gasteiger partial charge is 0.456 e. The third-order valence-corrected chi connectivity index (χ3v) is 6.86. The molecule has 1 aliphatic rings. The van der Waals surface area contributed by atoms with Gasteiger partial charge in [-0.05, 0) is 66.8 Å². The number of carbonyl (C=O) groups is 3. The number of esters is 1. The number of benzene rings is 4. The fourth-order valence-electron chi connectivity index (χ4n) is 4.99. The minimum atomic E-state index is -1.17. The lowest BCUT2D eigenvalue weighted by atomic mass is 9.98. The van der Waals surface area contributed by atoms with E-state index in [1.165, 1.54) is 12.1 Å². The molecule has 7 nitrogen and oxygen atoms in total. The summed E-state index contributed by atoms with van der Waals surface area (Å²) >= 11 is 0. The lowest BCUT2D eigenvalue weighted by Crippen LogP contribution is -2.38.